The number of hydrogen-bond donors (Lipinski definition) is 1. The van der Waals surface area contributed by atoms with Gasteiger partial charge in [-0.25, -0.2) is 0 Å². The zero-order chi connectivity index (χ0) is 17.4. The van der Waals surface area contributed by atoms with Crippen LogP contribution in [0.15, 0.2) is 42.7 Å². The van der Waals surface area contributed by atoms with Crippen LogP contribution >= 0.6 is 0 Å². The summed E-state index contributed by atoms with van der Waals surface area (Å²) in [6, 6.07) is 9.88. The maximum absolute atomic E-state index is 12.4. The van der Waals surface area contributed by atoms with Crippen molar-refractivity contribution < 1.29 is 9.53 Å². The number of nitrogens with zero attached hydrogens (tertiary/aromatic N) is 2. The summed E-state index contributed by atoms with van der Waals surface area (Å²) < 4.78 is 5.23. The Hall–Kier alpha value is -2.56. The van der Waals surface area contributed by atoms with E-state index in [9.17, 15) is 4.79 Å². The van der Waals surface area contributed by atoms with Gasteiger partial charge in [-0.1, -0.05) is 12.1 Å². The second-order valence-electron chi connectivity index (χ2n) is 5.47. The molecule has 0 spiro atoms. The van der Waals surface area contributed by atoms with Gasteiger partial charge in [0.2, 0.25) is 0 Å². The van der Waals surface area contributed by atoms with Crippen LogP contribution in [0.4, 0.5) is 5.69 Å². The fourth-order valence-electron chi connectivity index (χ4n) is 2.53. The van der Waals surface area contributed by atoms with Crippen LogP contribution in [0, 0.1) is 0 Å². The van der Waals surface area contributed by atoms with Gasteiger partial charge in [0.25, 0.3) is 5.91 Å². The molecule has 2 aromatic rings. The molecule has 0 aliphatic heterocycles. The summed E-state index contributed by atoms with van der Waals surface area (Å²) in [7, 11) is 1.67. The molecule has 0 bridgehead atoms. The lowest BCUT2D eigenvalue weighted by molar-refractivity contribution is 0.0772. The number of rotatable bonds is 8. The Morgan fingerprint density at radius 1 is 1.21 bits per heavy atom. The minimum Gasteiger partial charge on any atom is -0.497 e. The number of aromatic nitrogens is 1. The molecular formula is C19H25N3O2. The van der Waals surface area contributed by atoms with E-state index in [4.69, 9.17) is 4.74 Å². The van der Waals surface area contributed by atoms with Crippen molar-refractivity contribution in [3.05, 3.63) is 53.9 Å². The average Bonchev–Trinajstić information content (AvgIpc) is 2.63. The van der Waals surface area contributed by atoms with Crippen molar-refractivity contribution in [3.8, 4) is 5.75 Å². The van der Waals surface area contributed by atoms with E-state index in [1.54, 1.807) is 24.4 Å². The summed E-state index contributed by atoms with van der Waals surface area (Å²) in [5.41, 5.74) is 2.67. The molecule has 1 amide bonds. The van der Waals surface area contributed by atoms with E-state index >= 15 is 0 Å². The highest BCUT2D eigenvalue weighted by Crippen LogP contribution is 2.14. The summed E-state index contributed by atoms with van der Waals surface area (Å²) in [5, 5.41) is 3.33. The van der Waals surface area contributed by atoms with E-state index in [2.05, 4.69) is 16.4 Å². The van der Waals surface area contributed by atoms with Gasteiger partial charge in [0.15, 0.2) is 0 Å². The highest BCUT2D eigenvalue weighted by Gasteiger charge is 2.13. The third-order valence-electron chi connectivity index (χ3n) is 3.91. The number of benzene rings is 1. The molecule has 0 saturated heterocycles. The molecule has 1 aromatic heterocycles. The van der Waals surface area contributed by atoms with Crippen LogP contribution in [-0.2, 0) is 6.42 Å². The zero-order valence-electron chi connectivity index (χ0n) is 14.6. The molecule has 5 nitrogen and oxygen atoms in total. The molecule has 0 aliphatic rings. The predicted octanol–water partition coefficient (Wildman–Crippen LogP) is 3.23. The van der Waals surface area contributed by atoms with Gasteiger partial charge in [-0.3, -0.25) is 9.78 Å². The second-order valence-corrected chi connectivity index (χ2v) is 5.47. The number of pyridine rings is 1. The normalized spacial score (nSPS) is 10.3. The Balaban J connectivity index is 1.95. The summed E-state index contributed by atoms with van der Waals surface area (Å²) in [5.74, 6) is 0.880. The number of amides is 1. The van der Waals surface area contributed by atoms with Crippen molar-refractivity contribution in [2.45, 2.75) is 20.3 Å². The number of methoxy groups -OCH3 is 1. The van der Waals surface area contributed by atoms with Crippen LogP contribution in [0.25, 0.3) is 0 Å². The number of carbonyl (C=O) groups is 1. The molecule has 2 rings (SSSR count). The number of anilines is 1. The first kappa shape index (κ1) is 17.8. The van der Waals surface area contributed by atoms with Crippen molar-refractivity contribution in [1.82, 2.24) is 9.88 Å². The molecule has 0 atom stereocenters. The number of nitrogens with one attached hydrogen (secondary N) is 1. The molecule has 0 aliphatic carbocycles. The highest BCUT2D eigenvalue weighted by atomic mass is 16.5. The lowest BCUT2D eigenvalue weighted by Crippen LogP contribution is -2.30. The lowest BCUT2D eigenvalue weighted by Gasteiger charge is -2.18. The van der Waals surface area contributed by atoms with Gasteiger partial charge >= 0.3 is 0 Å². The summed E-state index contributed by atoms with van der Waals surface area (Å²) >= 11 is 0. The first-order chi connectivity index (χ1) is 11.7. The number of carbonyl (C=O) groups excluding carboxylic acids is 1. The first-order valence-electron chi connectivity index (χ1n) is 8.29. The van der Waals surface area contributed by atoms with Gasteiger partial charge in [-0.05, 0) is 44.0 Å². The summed E-state index contributed by atoms with van der Waals surface area (Å²) in [6.07, 6.45) is 4.23. The van der Waals surface area contributed by atoms with Crippen molar-refractivity contribution in [1.29, 1.82) is 0 Å². The Labute approximate surface area is 143 Å². The van der Waals surface area contributed by atoms with Crippen LogP contribution in [0.3, 0.4) is 0 Å². The summed E-state index contributed by atoms with van der Waals surface area (Å²) in [4.78, 5) is 18.3. The number of hydrogen-bond acceptors (Lipinski definition) is 4. The average molecular weight is 327 g/mol. The maximum atomic E-state index is 12.4. The Morgan fingerprint density at radius 2 is 2.00 bits per heavy atom. The second kappa shape index (κ2) is 8.91. The van der Waals surface area contributed by atoms with E-state index < -0.39 is 0 Å². The van der Waals surface area contributed by atoms with Gasteiger partial charge < -0.3 is 15.0 Å². The molecule has 0 saturated carbocycles. The van der Waals surface area contributed by atoms with Crippen LogP contribution in [0.1, 0.15) is 29.8 Å². The predicted molar refractivity (Wildman–Crippen MR) is 96.7 cm³/mol. The van der Waals surface area contributed by atoms with Gasteiger partial charge in [0.1, 0.15) is 5.75 Å². The zero-order valence-corrected chi connectivity index (χ0v) is 14.6. The fourth-order valence-corrected chi connectivity index (χ4v) is 2.53. The molecular weight excluding hydrogens is 302 g/mol. The smallest absolute Gasteiger partial charge is 0.255 e. The lowest BCUT2D eigenvalue weighted by atomic mass is 10.1. The topological polar surface area (TPSA) is 54.5 Å². The third kappa shape index (κ3) is 4.72. The molecule has 24 heavy (non-hydrogen) atoms. The Bertz CT molecular complexity index is 669. The van der Waals surface area contributed by atoms with Crippen LogP contribution < -0.4 is 10.1 Å². The van der Waals surface area contributed by atoms with Crippen molar-refractivity contribution in [3.63, 3.8) is 0 Å². The molecule has 128 valence electrons. The minimum atomic E-state index is 0.0175. The van der Waals surface area contributed by atoms with Gasteiger partial charge in [0, 0.05) is 32.0 Å². The molecule has 0 unspecified atom stereocenters. The third-order valence-corrected chi connectivity index (χ3v) is 3.91. The van der Waals surface area contributed by atoms with Gasteiger partial charge in [0.05, 0.1) is 18.4 Å². The molecule has 1 aromatic carbocycles. The highest BCUT2D eigenvalue weighted by molar-refractivity contribution is 5.94. The quantitative estimate of drug-likeness (QED) is 0.809. The van der Waals surface area contributed by atoms with Crippen LogP contribution in [-0.4, -0.2) is 42.5 Å². The SMILES string of the molecule is CCN(CC)C(=O)c1cncc(NCCc2cccc(OC)c2)c1. The van der Waals surface area contributed by atoms with Gasteiger partial charge in [-0.2, -0.15) is 0 Å². The van der Waals surface area contributed by atoms with Crippen LogP contribution in [0.5, 0.6) is 5.75 Å². The van der Waals surface area contributed by atoms with Crippen molar-refractivity contribution >= 4 is 11.6 Å². The van der Waals surface area contributed by atoms with Crippen molar-refractivity contribution in [2.75, 3.05) is 32.1 Å². The maximum Gasteiger partial charge on any atom is 0.255 e. The molecule has 0 radical (unpaired) electrons. The molecule has 1 heterocycles. The molecule has 0 fully saturated rings. The van der Waals surface area contributed by atoms with Gasteiger partial charge in [-0.15, -0.1) is 0 Å². The fraction of sp³-hybridized carbons (Fsp3) is 0.368. The summed E-state index contributed by atoms with van der Waals surface area (Å²) in [6.45, 7) is 6.11. The molecule has 5 heteroatoms. The van der Waals surface area contributed by atoms with Crippen LogP contribution in [0.2, 0.25) is 0 Å². The van der Waals surface area contributed by atoms with E-state index in [1.807, 2.05) is 38.1 Å². The van der Waals surface area contributed by atoms with E-state index in [-0.39, 0.29) is 5.91 Å². The Kier molecular flexibility index (Phi) is 6.61. The Morgan fingerprint density at radius 3 is 2.71 bits per heavy atom. The standard InChI is InChI=1S/C19H25N3O2/c1-4-22(5-2)19(23)16-12-17(14-20-13-16)21-10-9-15-7-6-8-18(11-15)24-3/h6-8,11-14,21H,4-5,9-10H2,1-3H3. The number of ether oxygens (including phenoxy) is 1. The molecule has 1 N–H and O–H groups in total. The largest absolute Gasteiger partial charge is 0.497 e. The van der Waals surface area contributed by atoms with E-state index in [0.717, 1.165) is 24.4 Å². The van der Waals surface area contributed by atoms with Crippen molar-refractivity contribution in [2.24, 2.45) is 0 Å². The monoisotopic (exact) mass is 327 g/mol. The first-order valence-corrected chi connectivity index (χ1v) is 8.29. The van der Waals surface area contributed by atoms with E-state index in [0.29, 0.717) is 18.7 Å². The minimum absolute atomic E-state index is 0.0175. The van der Waals surface area contributed by atoms with E-state index in [1.165, 1.54) is 5.56 Å².